The first-order valence-corrected chi connectivity index (χ1v) is 11.4. The van der Waals surface area contributed by atoms with Gasteiger partial charge in [-0.1, -0.05) is 64.5 Å². The first kappa shape index (κ1) is 19.8. The smallest absolute Gasteiger partial charge is 0.323 e. The van der Waals surface area contributed by atoms with E-state index in [-0.39, 0.29) is 5.78 Å². The highest BCUT2D eigenvalue weighted by Crippen LogP contribution is 2.40. The Morgan fingerprint density at radius 3 is 2.26 bits per heavy atom. The van der Waals surface area contributed by atoms with E-state index in [4.69, 9.17) is 4.74 Å². The van der Waals surface area contributed by atoms with Crippen LogP contribution in [0.25, 0.3) is 11.1 Å². The molecule has 6 heteroatoms. The number of carbonyl (C=O) groups excluding carboxylic acids is 2. The highest BCUT2D eigenvalue weighted by molar-refractivity contribution is 9.10. The quantitative estimate of drug-likeness (QED) is 0.196. The van der Waals surface area contributed by atoms with Gasteiger partial charge in [-0.3, -0.25) is 9.59 Å². The predicted molar refractivity (Wildman–Crippen MR) is 123 cm³/mol. The second kappa shape index (κ2) is 8.21. The van der Waals surface area contributed by atoms with Crippen molar-refractivity contribution in [1.29, 1.82) is 0 Å². The van der Waals surface area contributed by atoms with Crippen molar-refractivity contribution in [2.75, 3.05) is 0 Å². The molecule has 2 unspecified atom stereocenters. The van der Waals surface area contributed by atoms with E-state index in [0.717, 1.165) is 21.2 Å². The Morgan fingerprint density at radius 1 is 0.903 bits per heavy atom. The van der Waals surface area contributed by atoms with Crippen LogP contribution in [0.15, 0.2) is 88.8 Å². The van der Waals surface area contributed by atoms with Gasteiger partial charge < -0.3 is 4.74 Å². The van der Waals surface area contributed by atoms with Gasteiger partial charge in [0.1, 0.15) is 16.7 Å². The fraction of sp³-hybridized carbons (Fsp3) is 0.0800. The Hall–Kier alpha value is -3.09. The number of benzene rings is 3. The number of thiazole rings is 1. The molecular formula is C25H16BrNO3S. The first-order valence-electron chi connectivity index (χ1n) is 9.72. The van der Waals surface area contributed by atoms with Crippen molar-refractivity contribution in [3.05, 3.63) is 105 Å². The minimum Gasteiger partial charge on any atom is -0.425 e. The van der Waals surface area contributed by atoms with E-state index in [2.05, 4.69) is 20.9 Å². The molecule has 2 atom stereocenters. The number of aromatic nitrogens is 1. The van der Waals surface area contributed by atoms with Crippen LogP contribution >= 0.6 is 27.3 Å². The average Bonchev–Trinajstić information content (AvgIpc) is 3.32. The molecule has 0 bridgehead atoms. The summed E-state index contributed by atoms with van der Waals surface area (Å²) in [7, 11) is 0. The Labute approximate surface area is 191 Å². The highest BCUT2D eigenvalue weighted by atomic mass is 79.9. The zero-order chi connectivity index (χ0) is 21.4. The topological polar surface area (TPSA) is 56.3 Å². The van der Waals surface area contributed by atoms with E-state index in [1.807, 2.05) is 53.9 Å². The SMILES string of the molecule is O=C1Oc2ccccc2C(=O)C1C(c1ccc(-c2ccc(Br)cc2)cc1)c1nccs1. The molecule has 0 N–H and O–H groups in total. The zero-order valence-corrected chi connectivity index (χ0v) is 18.6. The maximum Gasteiger partial charge on any atom is 0.323 e. The van der Waals surface area contributed by atoms with Crippen LogP contribution in [0.5, 0.6) is 5.75 Å². The van der Waals surface area contributed by atoms with Gasteiger partial charge in [0.2, 0.25) is 0 Å². The van der Waals surface area contributed by atoms with Crippen LogP contribution in [0.3, 0.4) is 0 Å². The van der Waals surface area contributed by atoms with Crippen molar-refractivity contribution < 1.29 is 14.3 Å². The van der Waals surface area contributed by atoms with Gasteiger partial charge >= 0.3 is 5.97 Å². The number of ether oxygens (including phenoxy) is 1. The number of esters is 1. The molecule has 0 fully saturated rings. The maximum absolute atomic E-state index is 13.3. The van der Waals surface area contributed by atoms with E-state index in [0.29, 0.717) is 16.3 Å². The third-order valence-corrected chi connectivity index (χ3v) is 6.78. The summed E-state index contributed by atoms with van der Waals surface area (Å²) in [5.41, 5.74) is 3.42. The van der Waals surface area contributed by atoms with Gasteiger partial charge in [-0.15, -0.1) is 11.3 Å². The number of Topliss-reactive ketones (excluding diaryl/α,β-unsaturated/α-hetero) is 1. The molecule has 5 rings (SSSR count). The maximum atomic E-state index is 13.3. The standard InChI is InChI=1S/C25H16BrNO3S/c26-18-11-9-16(10-12-18)15-5-7-17(8-6-15)21(24-27-13-14-31-24)22-23(28)19-3-1-2-4-20(19)30-25(22)29/h1-14,21-22H. The van der Waals surface area contributed by atoms with Gasteiger partial charge in [0.05, 0.1) is 11.5 Å². The normalized spacial score (nSPS) is 16.5. The molecule has 0 aliphatic carbocycles. The molecule has 0 saturated heterocycles. The second-order valence-corrected chi connectivity index (χ2v) is 9.08. The average molecular weight is 490 g/mol. The summed E-state index contributed by atoms with van der Waals surface area (Å²) in [6.07, 6.45) is 1.69. The van der Waals surface area contributed by atoms with Crippen LogP contribution in [0.2, 0.25) is 0 Å². The Balaban J connectivity index is 1.56. The summed E-state index contributed by atoms with van der Waals surface area (Å²) in [6, 6.07) is 22.9. The lowest BCUT2D eigenvalue weighted by molar-refractivity contribution is -0.138. The Morgan fingerprint density at radius 2 is 1.58 bits per heavy atom. The summed E-state index contributed by atoms with van der Waals surface area (Å²) < 4.78 is 6.55. The molecule has 2 heterocycles. The lowest BCUT2D eigenvalue weighted by atomic mass is 9.80. The molecule has 4 aromatic rings. The number of halogens is 1. The largest absolute Gasteiger partial charge is 0.425 e. The van der Waals surface area contributed by atoms with Crippen molar-refractivity contribution in [3.63, 3.8) is 0 Å². The minimum atomic E-state index is -0.973. The number of para-hydroxylation sites is 1. The van der Waals surface area contributed by atoms with Crippen molar-refractivity contribution in [2.24, 2.45) is 5.92 Å². The monoisotopic (exact) mass is 489 g/mol. The summed E-state index contributed by atoms with van der Waals surface area (Å²) in [4.78, 5) is 30.7. The van der Waals surface area contributed by atoms with Crippen LogP contribution in [-0.4, -0.2) is 16.7 Å². The number of hydrogen-bond acceptors (Lipinski definition) is 5. The number of nitrogens with zero attached hydrogens (tertiary/aromatic N) is 1. The molecule has 1 aliphatic rings. The number of hydrogen-bond donors (Lipinski definition) is 0. The van der Waals surface area contributed by atoms with Crippen molar-refractivity contribution >= 4 is 39.0 Å². The Bertz CT molecular complexity index is 1250. The van der Waals surface area contributed by atoms with E-state index in [1.165, 1.54) is 11.3 Å². The lowest BCUT2D eigenvalue weighted by Crippen LogP contribution is -2.38. The molecular weight excluding hydrogens is 474 g/mol. The van der Waals surface area contributed by atoms with Gasteiger partial charge in [0.25, 0.3) is 0 Å². The fourth-order valence-electron chi connectivity index (χ4n) is 3.88. The summed E-state index contributed by atoms with van der Waals surface area (Å²) in [5.74, 6) is -1.94. The molecule has 152 valence electrons. The molecule has 3 aromatic carbocycles. The van der Waals surface area contributed by atoms with Crippen LogP contribution in [0.1, 0.15) is 26.8 Å². The lowest BCUT2D eigenvalue weighted by Gasteiger charge is -2.28. The zero-order valence-electron chi connectivity index (χ0n) is 16.2. The summed E-state index contributed by atoms with van der Waals surface area (Å²) >= 11 is 4.89. The molecule has 1 aliphatic heterocycles. The van der Waals surface area contributed by atoms with E-state index >= 15 is 0 Å². The van der Waals surface area contributed by atoms with Gasteiger partial charge in [-0.25, -0.2) is 4.98 Å². The number of rotatable bonds is 4. The predicted octanol–water partition coefficient (Wildman–Crippen LogP) is 6.12. The van der Waals surface area contributed by atoms with Crippen LogP contribution in [0, 0.1) is 5.92 Å². The van der Waals surface area contributed by atoms with E-state index in [9.17, 15) is 9.59 Å². The van der Waals surface area contributed by atoms with Crippen LogP contribution in [0.4, 0.5) is 0 Å². The van der Waals surface area contributed by atoms with E-state index < -0.39 is 17.8 Å². The molecule has 0 spiro atoms. The van der Waals surface area contributed by atoms with Gasteiger partial charge in [-0.2, -0.15) is 0 Å². The number of ketones is 1. The van der Waals surface area contributed by atoms with Gasteiger partial charge in [0.15, 0.2) is 5.78 Å². The van der Waals surface area contributed by atoms with Crippen LogP contribution in [-0.2, 0) is 4.79 Å². The van der Waals surface area contributed by atoms with Crippen molar-refractivity contribution in [1.82, 2.24) is 4.98 Å². The van der Waals surface area contributed by atoms with Crippen LogP contribution < -0.4 is 4.74 Å². The fourth-order valence-corrected chi connectivity index (χ4v) is 4.95. The molecule has 0 radical (unpaired) electrons. The second-order valence-electron chi connectivity index (χ2n) is 7.24. The third kappa shape index (κ3) is 3.73. The number of fused-ring (bicyclic) bond motifs is 1. The molecule has 31 heavy (non-hydrogen) atoms. The van der Waals surface area contributed by atoms with Crippen molar-refractivity contribution in [2.45, 2.75) is 5.92 Å². The minimum absolute atomic E-state index is 0.232. The summed E-state index contributed by atoms with van der Waals surface area (Å²) in [6.45, 7) is 0. The summed E-state index contributed by atoms with van der Waals surface area (Å²) in [5, 5.41) is 2.57. The molecule has 0 amide bonds. The third-order valence-electron chi connectivity index (χ3n) is 5.40. The van der Waals surface area contributed by atoms with Gasteiger partial charge in [-0.05, 0) is 41.0 Å². The molecule has 0 saturated carbocycles. The van der Waals surface area contributed by atoms with Crippen molar-refractivity contribution in [3.8, 4) is 16.9 Å². The first-order chi connectivity index (χ1) is 15.1. The highest BCUT2D eigenvalue weighted by Gasteiger charge is 2.44. The molecule has 1 aromatic heterocycles. The van der Waals surface area contributed by atoms with Gasteiger partial charge in [0, 0.05) is 16.0 Å². The van der Waals surface area contributed by atoms with E-state index in [1.54, 1.807) is 30.5 Å². The molecule has 4 nitrogen and oxygen atoms in total. The Kier molecular flexibility index (Phi) is 5.26. The number of carbonyl (C=O) groups is 2.